The summed E-state index contributed by atoms with van der Waals surface area (Å²) in [5.41, 5.74) is 0.492. The number of nitrogens with zero attached hydrogens (tertiary/aromatic N) is 2. The van der Waals surface area contributed by atoms with E-state index in [0.717, 1.165) is 18.6 Å². The Morgan fingerprint density at radius 1 is 1.62 bits per heavy atom. The monoisotopic (exact) mass is 220 g/mol. The number of hydrogen-bond donors (Lipinski definition) is 0. The lowest BCUT2D eigenvalue weighted by atomic mass is 10.0. The van der Waals surface area contributed by atoms with Gasteiger partial charge >= 0.3 is 0 Å². The Bertz CT molecular complexity index is 415. The quantitative estimate of drug-likeness (QED) is 0.714. The third-order valence-electron chi connectivity index (χ3n) is 2.87. The van der Waals surface area contributed by atoms with Gasteiger partial charge in [-0.15, -0.1) is 0 Å². The zero-order valence-corrected chi connectivity index (χ0v) is 9.86. The second-order valence-electron chi connectivity index (χ2n) is 4.55. The molecular weight excluding hydrogens is 204 g/mol. The van der Waals surface area contributed by atoms with Crippen LogP contribution >= 0.6 is 0 Å². The number of fused-ring (bicyclic) bond motifs is 1. The van der Waals surface area contributed by atoms with Crippen molar-refractivity contribution in [2.75, 3.05) is 18.1 Å². The van der Waals surface area contributed by atoms with Crippen LogP contribution in [-0.4, -0.2) is 30.0 Å². The molecule has 1 aromatic rings. The van der Waals surface area contributed by atoms with E-state index in [1.807, 2.05) is 0 Å². The number of aromatic nitrogens is 1. The van der Waals surface area contributed by atoms with Crippen LogP contribution < -0.4 is 9.64 Å². The number of rotatable bonds is 2. The van der Waals surface area contributed by atoms with E-state index in [4.69, 9.17) is 4.74 Å². The second-order valence-corrected chi connectivity index (χ2v) is 4.55. The van der Waals surface area contributed by atoms with Crippen molar-refractivity contribution in [1.29, 1.82) is 0 Å². The molecule has 0 aromatic carbocycles. The van der Waals surface area contributed by atoms with Crippen LogP contribution in [0.15, 0.2) is 12.3 Å². The van der Waals surface area contributed by atoms with Gasteiger partial charge in [-0.05, 0) is 26.8 Å². The number of carbonyl (C=O) groups is 1. The molecule has 1 aliphatic heterocycles. The third-order valence-corrected chi connectivity index (χ3v) is 2.87. The minimum Gasteiger partial charge on any atom is -0.487 e. The maximum atomic E-state index is 10.7. The lowest BCUT2D eigenvalue weighted by Crippen LogP contribution is -2.51. The standard InChI is InChI=1S/C12H16N2O2/c1-4-14-11-10(16-8-12(14,2)3)5-9(7-15)6-13-11/h5-7H,4,8H2,1-3H3. The largest absolute Gasteiger partial charge is 0.487 e. The van der Waals surface area contributed by atoms with Crippen molar-refractivity contribution in [3.05, 3.63) is 17.8 Å². The molecule has 0 aliphatic carbocycles. The summed E-state index contributed by atoms with van der Waals surface area (Å²) in [5, 5.41) is 0. The Kier molecular flexibility index (Phi) is 2.58. The van der Waals surface area contributed by atoms with Gasteiger partial charge < -0.3 is 9.64 Å². The van der Waals surface area contributed by atoms with Crippen molar-refractivity contribution in [3.63, 3.8) is 0 Å². The summed E-state index contributed by atoms with van der Waals surface area (Å²) in [6.45, 7) is 7.81. The van der Waals surface area contributed by atoms with E-state index >= 15 is 0 Å². The molecule has 16 heavy (non-hydrogen) atoms. The smallest absolute Gasteiger partial charge is 0.171 e. The van der Waals surface area contributed by atoms with E-state index in [9.17, 15) is 4.79 Å². The van der Waals surface area contributed by atoms with Gasteiger partial charge in [-0.1, -0.05) is 0 Å². The molecule has 0 fully saturated rings. The summed E-state index contributed by atoms with van der Waals surface area (Å²) in [5.74, 6) is 1.52. The molecule has 0 radical (unpaired) electrons. The molecule has 0 amide bonds. The van der Waals surface area contributed by atoms with Gasteiger partial charge in [0.05, 0.1) is 5.54 Å². The highest BCUT2D eigenvalue weighted by atomic mass is 16.5. The van der Waals surface area contributed by atoms with Crippen molar-refractivity contribution in [3.8, 4) is 5.75 Å². The van der Waals surface area contributed by atoms with Crippen molar-refractivity contribution in [1.82, 2.24) is 4.98 Å². The van der Waals surface area contributed by atoms with E-state index in [0.29, 0.717) is 17.9 Å². The first kappa shape index (κ1) is 10.9. The average Bonchev–Trinajstić information content (AvgIpc) is 2.27. The summed E-state index contributed by atoms with van der Waals surface area (Å²) < 4.78 is 5.65. The minimum absolute atomic E-state index is 0.0581. The summed E-state index contributed by atoms with van der Waals surface area (Å²) in [6.07, 6.45) is 2.37. The van der Waals surface area contributed by atoms with Gasteiger partial charge in [0.25, 0.3) is 0 Å². The molecule has 2 rings (SSSR count). The number of pyridine rings is 1. The lowest BCUT2D eigenvalue weighted by molar-refractivity contribution is 0.112. The average molecular weight is 220 g/mol. The maximum Gasteiger partial charge on any atom is 0.171 e. The molecule has 0 saturated carbocycles. The van der Waals surface area contributed by atoms with Gasteiger partial charge in [-0.2, -0.15) is 0 Å². The fraction of sp³-hybridized carbons (Fsp3) is 0.500. The second kappa shape index (κ2) is 3.77. The molecule has 0 saturated heterocycles. The molecule has 86 valence electrons. The first-order valence-electron chi connectivity index (χ1n) is 5.44. The van der Waals surface area contributed by atoms with Crippen LogP contribution in [0.5, 0.6) is 5.75 Å². The van der Waals surface area contributed by atoms with Crippen LogP contribution in [0.3, 0.4) is 0 Å². The van der Waals surface area contributed by atoms with E-state index < -0.39 is 0 Å². The van der Waals surface area contributed by atoms with E-state index in [1.165, 1.54) is 0 Å². The molecule has 0 bridgehead atoms. The Labute approximate surface area is 95.2 Å². The van der Waals surface area contributed by atoms with Crippen LogP contribution in [0, 0.1) is 0 Å². The van der Waals surface area contributed by atoms with Gasteiger partial charge in [0.15, 0.2) is 17.9 Å². The SMILES string of the molecule is CCN1c2ncc(C=O)cc2OCC1(C)C. The number of aldehydes is 1. The number of carbonyl (C=O) groups excluding carboxylic acids is 1. The Hall–Kier alpha value is -1.58. The summed E-state index contributed by atoms with van der Waals surface area (Å²) in [6, 6.07) is 1.74. The van der Waals surface area contributed by atoms with Crippen molar-refractivity contribution in [2.45, 2.75) is 26.3 Å². The topological polar surface area (TPSA) is 42.4 Å². The van der Waals surface area contributed by atoms with Crippen molar-refractivity contribution in [2.24, 2.45) is 0 Å². The Balaban J connectivity index is 2.47. The predicted molar refractivity (Wildman–Crippen MR) is 62.2 cm³/mol. The van der Waals surface area contributed by atoms with Crippen LogP contribution in [-0.2, 0) is 0 Å². The molecule has 0 spiro atoms. The molecule has 4 nitrogen and oxygen atoms in total. The Morgan fingerprint density at radius 3 is 3.00 bits per heavy atom. The van der Waals surface area contributed by atoms with E-state index in [-0.39, 0.29) is 5.54 Å². The number of ether oxygens (including phenoxy) is 1. The zero-order chi connectivity index (χ0) is 11.8. The normalized spacial score (nSPS) is 17.6. The molecule has 0 unspecified atom stereocenters. The molecule has 4 heteroatoms. The van der Waals surface area contributed by atoms with E-state index in [2.05, 4.69) is 30.7 Å². The van der Waals surface area contributed by atoms with Gasteiger partial charge in [0, 0.05) is 18.3 Å². The molecule has 0 atom stereocenters. The summed E-state index contributed by atoms with van der Waals surface area (Å²) in [7, 11) is 0. The van der Waals surface area contributed by atoms with Crippen LogP contribution in [0.25, 0.3) is 0 Å². The van der Waals surface area contributed by atoms with Gasteiger partial charge in [0.1, 0.15) is 6.61 Å². The number of likely N-dealkylation sites (N-methyl/N-ethyl adjacent to an activating group) is 1. The zero-order valence-electron chi connectivity index (χ0n) is 9.86. The molecule has 1 aliphatic rings. The van der Waals surface area contributed by atoms with Gasteiger partial charge in [-0.3, -0.25) is 4.79 Å². The number of anilines is 1. The highest BCUT2D eigenvalue weighted by Gasteiger charge is 2.34. The predicted octanol–water partition coefficient (Wildman–Crippen LogP) is 1.89. The minimum atomic E-state index is -0.0581. The fourth-order valence-corrected chi connectivity index (χ4v) is 2.02. The Morgan fingerprint density at radius 2 is 2.38 bits per heavy atom. The van der Waals surface area contributed by atoms with Crippen molar-refractivity contribution >= 4 is 12.1 Å². The maximum absolute atomic E-state index is 10.7. The fourth-order valence-electron chi connectivity index (χ4n) is 2.02. The van der Waals surface area contributed by atoms with Crippen molar-refractivity contribution < 1.29 is 9.53 Å². The highest BCUT2D eigenvalue weighted by Crippen LogP contribution is 2.36. The summed E-state index contributed by atoms with van der Waals surface area (Å²) in [4.78, 5) is 17.2. The molecule has 1 aromatic heterocycles. The summed E-state index contributed by atoms with van der Waals surface area (Å²) >= 11 is 0. The highest BCUT2D eigenvalue weighted by molar-refractivity contribution is 5.76. The number of hydrogen-bond acceptors (Lipinski definition) is 4. The van der Waals surface area contributed by atoms with Crippen LogP contribution in [0.4, 0.5) is 5.82 Å². The first-order chi connectivity index (χ1) is 7.58. The first-order valence-corrected chi connectivity index (χ1v) is 5.44. The van der Waals surface area contributed by atoms with Crippen LogP contribution in [0.2, 0.25) is 0 Å². The van der Waals surface area contributed by atoms with Crippen LogP contribution in [0.1, 0.15) is 31.1 Å². The molecule has 0 N–H and O–H groups in total. The van der Waals surface area contributed by atoms with E-state index in [1.54, 1.807) is 12.3 Å². The lowest BCUT2D eigenvalue weighted by Gasteiger charge is -2.43. The third kappa shape index (κ3) is 1.64. The van der Waals surface area contributed by atoms with Gasteiger partial charge in [0.2, 0.25) is 0 Å². The molecular formula is C12H16N2O2. The molecule has 2 heterocycles. The van der Waals surface area contributed by atoms with Gasteiger partial charge in [-0.25, -0.2) is 4.98 Å².